The van der Waals surface area contributed by atoms with Crippen molar-refractivity contribution in [2.24, 2.45) is 0 Å². The molecule has 0 aromatic heterocycles. The molecule has 1 aliphatic rings. The summed E-state index contributed by atoms with van der Waals surface area (Å²) >= 11 is 1.49. The van der Waals surface area contributed by atoms with E-state index in [-0.39, 0.29) is 11.3 Å². The van der Waals surface area contributed by atoms with Crippen LogP contribution in [-0.2, 0) is 4.79 Å². The van der Waals surface area contributed by atoms with Crippen LogP contribution in [0, 0.1) is 0 Å². The predicted molar refractivity (Wildman–Crippen MR) is 80.3 cm³/mol. The zero-order valence-electron chi connectivity index (χ0n) is 11.7. The summed E-state index contributed by atoms with van der Waals surface area (Å²) in [6, 6.07) is 6.46. The van der Waals surface area contributed by atoms with Crippen molar-refractivity contribution in [3.05, 3.63) is 29.8 Å². The molecule has 1 amide bonds. The van der Waals surface area contributed by atoms with E-state index >= 15 is 0 Å². The number of benzene rings is 1. The second kappa shape index (κ2) is 5.75. The van der Waals surface area contributed by atoms with Crippen LogP contribution in [0.15, 0.2) is 24.3 Å². The van der Waals surface area contributed by atoms with Crippen LogP contribution in [0.2, 0.25) is 0 Å². The molecule has 1 fully saturated rings. The van der Waals surface area contributed by atoms with Gasteiger partial charge in [0.15, 0.2) is 0 Å². The third-order valence-electron chi connectivity index (χ3n) is 3.37. The first-order chi connectivity index (χ1) is 9.41. The maximum atomic E-state index is 12.5. The predicted octanol–water partition coefficient (Wildman–Crippen LogP) is 1.74. The van der Waals surface area contributed by atoms with Crippen LogP contribution >= 0.6 is 11.8 Å². The molecule has 1 aromatic rings. The lowest BCUT2D eigenvalue weighted by molar-refractivity contribution is -0.141. The Bertz CT molecular complexity index is 516. The van der Waals surface area contributed by atoms with Crippen molar-refractivity contribution in [3.8, 4) is 0 Å². The second-order valence-electron chi connectivity index (χ2n) is 4.94. The van der Waals surface area contributed by atoms with Gasteiger partial charge < -0.3 is 14.9 Å². The van der Waals surface area contributed by atoms with Gasteiger partial charge in [0, 0.05) is 31.1 Å². The Kier molecular flexibility index (Phi) is 4.23. The molecule has 0 spiro atoms. The van der Waals surface area contributed by atoms with Crippen LogP contribution in [0.3, 0.4) is 0 Å². The lowest BCUT2D eigenvalue weighted by atomic mass is 10.1. The number of carboxylic acids is 1. The fraction of sp³-hybridized carbons (Fsp3) is 0.429. The van der Waals surface area contributed by atoms with Gasteiger partial charge in [0.05, 0.1) is 5.37 Å². The Hall–Kier alpha value is -1.69. The summed E-state index contributed by atoms with van der Waals surface area (Å²) in [5, 5.41) is 9.09. The monoisotopic (exact) mass is 294 g/mol. The van der Waals surface area contributed by atoms with Crippen molar-refractivity contribution in [2.75, 3.05) is 24.7 Å². The number of nitrogens with zero attached hydrogens (tertiary/aromatic N) is 2. The molecule has 0 aliphatic carbocycles. The maximum Gasteiger partial charge on any atom is 0.327 e. The number of carboxylic acid groups (broad SMARTS) is 1. The standard InChI is InChI=1S/C14H18N2O3S/c1-9-16(12(8-20-9)14(18)19)13(17)10-4-6-11(7-5-10)15(2)3/h4-7,9,12H,8H2,1-3H3,(H,18,19). The molecule has 1 aromatic carbocycles. The van der Waals surface area contributed by atoms with E-state index in [2.05, 4.69) is 0 Å². The van der Waals surface area contributed by atoms with Crippen LogP contribution < -0.4 is 4.90 Å². The highest BCUT2D eigenvalue weighted by Crippen LogP contribution is 2.30. The van der Waals surface area contributed by atoms with Crippen molar-refractivity contribution in [1.29, 1.82) is 0 Å². The minimum absolute atomic E-state index is 0.114. The minimum Gasteiger partial charge on any atom is -0.480 e. The number of hydrogen-bond donors (Lipinski definition) is 1. The zero-order valence-corrected chi connectivity index (χ0v) is 12.6. The van der Waals surface area contributed by atoms with Gasteiger partial charge in [-0.15, -0.1) is 11.8 Å². The van der Waals surface area contributed by atoms with Crippen LogP contribution in [0.4, 0.5) is 5.69 Å². The van der Waals surface area contributed by atoms with Gasteiger partial charge in [0.1, 0.15) is 6.04 Å². The third kappa shape index (κ3) is 2.75. The SMILES string of the molecule is CC1SCC(C(=O)O)N1C(=O)c1ccc(N(C)C)cc1. The molecule has 2 rings (SSSR count). The van der Waals surface area contributed by atoms with Gasteiger partial charge >= 0.3 is 5.97 Å². The molecule has 20 heavy (non-hydrogen) atoms. The van der Waals surface area contributed by atoms with E-state index < -0.39 is 12.0 Å². The third-order valence-corrected chi connectivity index (χ3v) is 4.59. The van der Waals surface area contributed by atoms with Crippen molar-refractivity contribution >= 4 is 29.3 Å². The first-order valence-corrected chi connectivity index (χ1v) is 7.41. The van der Waals surface area contributed by atoms with E-state index in [0.29, 0.717) is 11.3 Å². The summed E-state index contributed by atoms with van der Waals surface area (Å²) in [6.45, 7) is 1.86. The molecule has 1 aliphatic heterocycles. The Labute approximate surface area is 122 Å². The van der Waals surface area contributed by atoms with E-state index in [0.717, 1.165) is 5.69 Å². The van der Waals surface area contributed by atoms with E-state index in [1.807, 2.05) is 38.1 Å². The average Bonchev–Trinajstić information content (AvgIpc) is 2.80. The van der Waals surface area contributed by atoms with Gasteiger partial charge in [-0.3, -0.25) is 4.79 Å². The number of amides is 1. The lowest BCUT2D eigenvalue weighted by Crippen LogP contribution is -2.44. The van der Waals surface area contributed by atoms with Crippen molar-refractivity contribution < 1.29 is 14.7 Å². The summed E-state index contributed by atoms with van der Waals surface area (Å²) in [7, 11) is 3.85. The highest BCUT2D eigenvalue weighted by Gasteiger charge is 2.39. The molecule has 0 radical (unpaired) electrons. The van der Waals surface area contributed by atoms with Crippen LogP contribution in [-0.4, -0.2) is 53.1 Å². The number of aliphatic carboxylic acids is 1. The van der Waals surface area contributed by atoms with Gasteiger partial charge in [0.25, 0.3) is 5.91 Å². The molecule has 0 saturated carbocycles. The molecular formula is C14H18N2O3S. The number of carbonyl (C=O) groups excluding carboxylic acids is 1. The fourth-order valence-corrected chi connectivity index (χ4v) is 3.36. The van der Waals surface area contributed by atoms with Crippen molar-refractivity contribution in [3.63, 3.8) is 0 Å². The quantitative estimate of drug-likeness (QED) is 0.920. The Morgan fingerprint density at radius 3 is 2.40 bits per heavy atom. The summed E-state index contributed by atoms with van der Waals surface area (Å²) in [4.78, 5) is 27.1. The number of anilines is 1. The average molecular weight is 294 g/mol. The number of thioether (sulfide) groups is 1. The molecule has 5 nitrogen and oxygen atoms in total. The molecule has 1 N–H and O–H groups in total. The van der Waals surface area contributed by atoms with Gasteiger partial charge in [0.2, 0.25) is 0 Å². The van der Waals surface area contributed by atoms with Gasteiger partial charge in [-0.25, -0.2) is 4.79 Å². The molecular weight excluding hydrogens is 276 g/mol. The zero-order chi connectivity index (χ0) is 14.9. The Balaban J connectivity index is 2.23. The molecule has 2 unspecified atom stereocenters. The van der Waals surface area contributed by atoms with Crippen LogP contribution in [0.1, 0.15) is 17.3 Å². The van der Waals surface area contributed by atoms with Crippen molar-refractivity contribution in [2.45, 2.75) is 18.3 Å². The maximum absolute atomic E-state index is 12.5. The summed E-state index contributed by atoms with van der Waals surface area (Å²) < 4.78 is 0. The van der Waals surface area contributed by atoms with E-state index in [1.54, 1.807) is 12.1 Å². The van der Waals surface area contributed by atoms with E-state index in [1.165, 1.54) is 16.7 Å². The molecule has 1 saturated heterocycles. The lowest BCUT2D eigenvalue weighted by Gasteiger charge is -2.25. The van der Waals surface area contributed by atoms with Gasteiger partial charge in [-0.1, -0.05) is 0 Å². The summed E-state index contributed by atoms with van der Waals surface area (Å²) in [5.41, 5.74) is 1.52. The molecule has 6 heteroatoms. The molecule has 1 heterocycles. The topological polar surface area (TPSA) is 60.9 Å². The molecule has 108 valence electrons. The first kappa shape index (κ1) is 14.7. The second-order valence-corrected chi connectivity index (χ2v) is 6.29. The Morgan fingerprint density at radius 1 is 1.30 bits per heavy atom. The summed E-state index contributed by atoms with van der Waals surface area (Å²) in [5.74, 6) is -0.724. The van der Waals surface area contributed by atoms with Crippen LogP contribution in [0.5, 0.6) is 0 Å². The van der Waals surface area contributed by atoms with Gasteiger partial charge in [-0.2, -0.15) is 0 Å². The normalized spacial score (nSPS) is 21.9. The minimum atomic E-state index is -0.944. The van der Waals surface area contributed by atoms with E-state index in [9.17, 15) is 14.7 Å². The van der Waals surface area contributed by atoms with Crippen molar-refractivity contribution in [1.82, 2.24) is 4.90 Å². The van der Waals surface area contributed by atoms with Crippen LogP contribution in [0.25, 0.3) is 0 Å². The largest absolute Gasteiger partial charge is 0.480 e. The molecule has 0 bridgehead atoms. The highest BCUT2D eigenvalue weighted by atomic mass is 32.2. The Morgan fingerprint density at radius 2 is 1.90 bits per heavy atom. The smallest absolute Gasteiger partial charge is 0.327 e. The molecule has 2 atom stereocenters. The van der Waals surface area contributed by atoms with Gasteiger partial charge in [-0.05, 0) is 31.2 Å². The summed E-state index contributed by atoms with van der Waals surface area (Å²) in [6.07, 6.45) is 0. The number of hydrogen-bond acceptors (Lipinski definition) is 4. The highest BCUT2D eigenvalue weighted by molar-refractivity contribution is 8.00. The number of rotatable bonds is 3. The van der Waals surface area contributed by atoms with E-state index in [4.69, 9.17) is 0 Å². The number of carbonyl (C=O) groups is 2. The first-order valence-electron chi connectivity index (χ1n) is 6.36. The fourth-order valence-electron chi connectivity index (χ4n) is 2.19.